The molecule has 1 heterocycles. The van der Waals surface area contributed by atoms with Crippen molar-refractivity contribution in [1.29, 1.82) is 0 Å². The van der Waals surface area contributed by atoms with Crippen molar-refractivity contribution in [1.82, 2.24) is 5.16 Å². The summed E-state index contributed by atoms with van der Waals surface area (Å²) in [7, 11) is 0. The molecule has 0 spiro atoms. The van der Waals surface area contributed by atoms with Crippen LogP contribution < -0.4 is 0 Å². The molecule has 0 atom stereocenters. The average molecular weight is 187 g/mol. The van der Waals surface area contributed by atoms with Crippen molar-refractivity contribution >= 4 is 5.78 Å². The minimum Gasteiger partial charge on any atom is -0.364 e. The lowest BCUT2D eigenvalue weighted by Crippen LogP contribution is -2.02. The number of benzene rings is 1. The number of ketones is 1. The van der Waals surface area contributed by atoms with Crippen molar-refractivity contribution in [2.75, 3.05) is 0 Å². The summed E-state index contributed by atoms with van der Waals surface area (Å²) in [4.78, 5) is 11.8. The van der Waals surface area contributed by atoms with Crippen LogP contribution in [0.4, 0.5) is 0 Å². The van der Waals surface area contributed by atoms with E-state index in [2.05, 4.69) is 5.16 Å². The number of carbonyl (C=O) groups is 1. The summed E-state index contributed by atoms with van der Waals surface area (Å²) in [6.45, 7) is 1.80. The minimum atomic E-state index is -0.100. The first kappa shape index (κ1) is 8.69. The van der Waals surface area contributed by atoms with Crippen LogP contribution in [0.25, 0.3) is 0 Å². The van der Waals surface area contributed by atoms with E-state index in [1.54, 1.807) is 19.1 Å². The van der Waals surface area contributed by atoms with Crippen molar-refractivity contribution in [3.63, 3.8) is 0 Å². The molecule has 0 aliphatic heterocycles. The van der Waals surface area contributed by atoms with Gasteiger partial charge in [0.25, 0.3) is 0 Å². The van der Waals surface area contributed by atoms with Crippen LogP contribution >= 0.6 is 0 Å². The van der Waals surface area contributed by atoms with Gasteiger partial charge in [0.2, 0.25) is 5.78 Å². The van der Waals surface area contributed by atoms with Gasteiger partial charge in [-0.3, -0.25) is 4.79 Å². The van der Waals surface area contributed by atoms with Gasteiger partial charge in [-0.2, -0.15) is 0 Å². The maximum atomic E-state index is 11.8. The summed E-state index contributed by atoms with van der Waals surface area (Å²) in [5.41, 5.74) is 1.78. The van der Waals surface area contributed by atoms with Gasteiger partial charge in [-0.05, 0) is 6.92 Å². The van der Waals surface area contributed by atoms with E-state index >= 15 is 0 Å². The van der Waals surface area contributed by atoms with E-state index < -0.39 is 0 Å². The van der Waals surface area contributed by atoms with Crippen LogP contribution in [0.1, 0.15) is 21.6 Å². The molecule has 0 saturated carbocycles. The molecule has 2 aromatic rings. The predicted molar refractivity (Wildman–Crippen MR) is 51.1 cm³/mol. The van der Waals surface area contributed by atoms with E-state index in [-0.39, 0.29) is 5.78 Å². The van der Waals surface area contributed by atoms with Crippen LogP contribution in [0.3, 0.4) is 0 Å². The Bertz CT molecular complexity index is 445. The molecule has 0 saturated heterocycles. The van der Waals surface area contributed by atoms with Gasteiger partial charge in [0.05, 0.1) is 0 Å². The molecule has 0 bridgehead atoms. The van der Waals surface area contributed by atoms with E-state index in [1.807, 2.05) is 18.2 Å². The van der Waals surface area contributed by atoms with Gasteiger partial charge in [0, 0.05) is 11.1 Å². The summed E-state index contributed by atoms with van der Waals surface area (Å²) in [6.07, 6.45) is 1.47. The van der Waals surface area contributed by atoms with Crippen molar-refractivity contribution < 1.29 is 9.32 Å². The quantitative estimate of drug-likeness (QED) is 0.677. The summed E-state index contributed by atoms with van der Waals surface area (Å²) < 4.78 is 4.72. The number of nitrogens with zero attached hydrogens (tertiary/aromatic N) is 1. The van der Waals surface area contributed by atoms with Crippen LogP contribution in [-0.4, -0.2) is 10.9 Å². The Morgan fingerprint density at radius 3 is 2.57 bits per heavy atom. The molecule has 14 heavy (non-hydrogen) atoms. The lowest BCUT2D eigenvalue weighted by Gasteiger charge is -1.96. The molecular weight excluding hydrogens is 178 g/mol. The number of aryl methyl sites for hydroxylation is 1. The van der Waals surface area contributed by atoms with Crippen molar-refractivity contribution in [2.24, 2.45) is 0 Å². The fraction of sp³-hybridized carbons (Fsp3) is 0.0909. The van der Waals surface area contributed by atoms with E-state index in [0.717, 1.165) is 5.56 Å². The van der Waals surface area contributed by atoms with Gasteiger partial charge in [0.15, 0.2) is 5.69 Å². The Hall–Kier alpha value is -1.90. The molecule has 3 nitrogen and oxygen atoms in total. The third-order valence-corrected chi connectivity index (χ3v) is 2.00. The Labute approximate surface area is 81.3 Å². The topological polar surface area (TPSA) is 43.1 Å². The monoisotopic (exact) mass is 187 g/mol. The van der Waals surface area contributed by atoms with Gasteiger partial charge in [-0.1, -0.05) is 35.5 Å². The largest absolute Gasteiger partial charge is 0.364 e. The van der Waals surface area contributed by atoms with Crippen molar-refractivity contribution in [3.8, 4) is 0 Å². The number of hydrogen-bond donors (Lipinski definition) is 0. The van der Waals surface area contributed by atoms with Crippen molar-refractivity contribution in [3.05, 3.63) is 53.4 Å². The summed E-state index contributed by atoms with van der Waals surface area (Å²) >= 11 is 0. The maximum absolute atomic E-state index is 11.8. The Balaban J connectivity index is 2.39. The van der Waals surface area contributed by atoms with Crippen LogP contribution in [0.5, 0.6) is 0 Å². The lowest BCUT2D eigenvalue weighted by atomic mass is 10.1. The molecule has 0 fully saturated rings. The molecule has 0 aliphatic rings. The fourth-order valence-corrected chi connectivity index (χ4v) is 1.23. The van der Waals surface area contributed by atoms with Gasteiger partial charge in [-0.25, -0.2) is 0 Å². The average Bonchev–Trinajstić information content (AvgIpc) is 2.65. The number of carbonyl (C=O) groups excluding carboxylic acids is 1. The van der Waals surface area contributed by atoms with Gasteiger partial charge in [-0.15, -0.1) is 0 Å². The highest BCUT2D eigenvalue weighted by molar-refractivity contribution is 6.08. The molecule has 0 radical (unpaired) electrons. The highest BCUT2D eigenvalue weighted by Crippen LogP contribution is 2.11. The molecule has 0 amide bonds. The lowest BCUT2D eigenvalue weighted by molar-refractivity contribution is 0.103. The van der Waals surface area contributed by atoms with E-state index in [0.29, 0.717) is 11.3 Å². The maximum Gasteiger partial charge on any atom is 0.215 e. The third kappa shape index (κ3) is 1.44. The second kappa shape index (κ2) is 3.46. The second-order valence-electron chi connectivity index (χ2n) is 3.04. The Kier molecular flexibility index (Phi) is 2.14. The second-order valence-corrected chi connectivity index (χ2v) is 3.04. The Morgan fingerprint density at radius 1 is 1.29 bits per heavy atom. The van der Waals surface area contributed by atoms with E-state index in [4.69, 9.17) is 4.52 Å². The molecule has 1 aromatic heterocycles. The van der Waals surface area contributed by atoms with Gasteiger partial charge < -0.3 is 4.52 Å². The Morgan fingerprint density at radius 2 is 2.00 bits per heavy atom. The molecule has 3 heteroatoms. The molecule has 70 valence electrons. The molecule has 0 aliphatic carbocycles. The molecular formula is C11H9NO2. The molecule has 0 unspecified atom stereocenters. The molecule has 0 N–H and O–H groups in total. The number of hydrogen-bond acceptors (Lipinski definition) is 3. The highest BCUT2D eigenvalue weighted by atomic mass is 16.5. The predicted octanol–water partition coefficient (Wildman–Crippen LogP) is 2.21. The van der Waals surface area contributed by atoms with Crippen LogP contribution in [-0.2, 0) is 0 Å². The number of rotatable bonds is 2. The first-order chi connectivity index (χ1) is 6.79. The minimum absolute atomic E-state index is 0.100. The standard InChI is InChI=1S/C11H9NO2/c1-8-7-14-12-10(8)11(13)9-5-3-2-4-6-9/h2-7H,1H3. The van der Waals surface area contributed by atoms with Crippen molar-refractivity contribution in [2.45, 2.75) is 6.92 Å². The normalized spacial score (nSPS) is 10.1. The molecule has 1 aromatic carbocycles. The third-order valence-electron chi connectivity index (χ3n) is 2.00. The summed E-state index contributed by atoms with van der Waals surface area (Å²) in [6, 6.07) is 9.03. The zero-order valence-corrected chi connectivity index (χ0v) is 7.73. The summed E-state index contributed by atoms with van der Waals surface area (Å²) in [5, 5.41) is 3.67. The van der Waals surface area contributed by atoms with Gasteiger partial charge in [0.1, 0.15) is 6.26 Å². The molecule has 2 rings (SSSR count). The first-order valence-electron chi connectivity index (χ1n) is 4.30. The first-order valence-corrected chi connectivity index (χ1v) is 4.30. The SMILES string of the molecule is Cc1conc1C(=O)c1ccccc1. The van der Waals surface area contributed by atoms with Crippen LogP contribution in [0, 0.1) is 6.92 Å². The smallest absolute Gasteiger partial charge is 0.215 e. The zero-order chi connectivity index (χ0) is 9.97. The van der Waals surface area contributed by atoms with Gasteiger partial charge >= 0.3 is 0 Å². The fourth-order valence-electron chi connectivity index (χ4n) is 1.23. The zero-order valence-electron chi connectivity index (χ0n) is 7.73. The van der Waals surface area contributed by atoms with Crippen LogP contribution in [0.15, 0.2) is 41.1 Å². The van der Waals surface area contributed by atoms with Crippen LogP contribution in [0.2, 0.25) is 0 Å². The number of aromatic nitrogens is 1. The summed E-state index contributed by atoms with van der Waals surface area (Å²) in [5.74, 6) is -0.100. The van der Waals surface area contributed by atoms with E-state index in [9.17, 15) is 4.79 Å². The highest BCUT2D eigenvalue weighted by Gasteiger charge is 2.14. The van der Waals surface area contributed by atoms with E-state index in [1.165, 1.54) is 6.26 Å².